The van der Waals surface area contributed by atoms with E-state index in [0.29, 0.717) is 34.9 Å². The number of anilines is 2. The molecule has 0 aliphatic heterocycles. The maximum Gasteiger partial charge on any atom is 0.323 e. The van der Waals surface area contributed by atoms with Crippen LogP contribution in [-0.4, -0.2) is 56.7 Å². The van der Waals surface area contributed by atoms with Crippen LogP contribution in [0.5, 0.6) is 0 Å². The molecule has 2 aromatic heterocycles. The number of carbonyl (C=O) groups excluding carboxylic acids is 2. The third-order valence-electron chi connectivity index (χ3n) is 10.2. The molecular formula is C40H44N6O5. The van der Waals surface area contributed by atoms with E-state index in [1.807, 2.05) is 62.5 Å². The van der Waals surface area contributed by atoms with Gasteiger partial charge in [0.2, 0.25) is 0 Å². The van der Waals surface area contributed by atoms with Crippen LogP contribution in [0.2, 0.25) is 0 Å². The molecule has 3 saturated carbocycles. The average molecular weight is 689 g/mol. The lowest BCUT2D eigenvalue weighted by atomic mass is 9.94. The minimum Gasteiger partial charge on any atom is -0.480 e. The normalized spacial score (nSPS) is 16.1. The van der Waals surface area contributed by atoms with E-state index in [9.17, 15) is 24.6 Å². The van der Waals surface area contributed by atoms with Crippen LogP contribution >= 0.6 is 0 Å². The second-order valence-corrected chi connectivity index (χ2v) is 14.1. The molecule has 2 heterocycles. The average Bonchev–Trinajstić information content (AvgIpc) is 3.96. The Morgan fingerprint density at radius 1 is 0.745 bits per heavy atom. The van der Waals surface area contributed by atoms with Crippen LogP contribution in [0, 0.1) is 13.8 Å². The minimum atomic E-state index is -1.13. The lowest BCUT2D eigenvalue weighted by Crippen LogP contribution is -2.39. The summed E-state index contributed by atoms with van der Waals surface area (Å²) in [4.78, 5) is 47.3. The van der Waals surface area contributed by atoms with Crippen molar-refractivity contribution >= 4 is 29.2 Å². The highest BCUT2D eigenvalue weighted by atomic mass is 16.4. The second kappa shape index (κ2) is 14.7. The maximum absolute atomic E-state index is 13.5. The Balaban J connectivity index is 1.06. The molecular weight excluding hydrogens is 644 g/mol. The predicted octanol–water partition coefficient (Wildman–Crippen LogP) is 5.81. The highest BCUT2D eigenvalue weighted by molar-refractivity contribution is 6.05. The van der Waals surface area contributed by atoms with Gasteiger partial charge in [-0.1, -0.05) is 24.3 Å². The standard InChI is InChI=1S/C40H44N6O5/c1-22-29(5-3-7-33(22)45-38(48)35-15-31(24-9-10-24)26(18-42-35)17-41-28-13-14-28)30-6-4-8-34(23(30)2)46-39(49)36-16-32(25-11-12-25)27(19-43-36)20-44-37(21-47)40(50)51/h3-8,15-16,18-19,24-25,28,37,41,44,47H,9-14,17,20-21H2,1-2H3,(H,45,48)(H,46,49)(H,50,51)/t37-/m1/s1. The Hall–Kier alpha value is -4.97. The van der Waals surface area contributed by atoms with Crippen LogP contribution in [0.25, 0.3) is 11.1 Å². The van der Waals surface area contributed by atoms with Crippen molar-refractivity contribution < 1.29 is 24.6 Å². The summed E-state index contributed by atoms with van der Waals surface area (Å²) in [6, 6.07) is 14.8. The smallest absolute Gasteiger partial charge is 0.323 e. The molecule has 11 nitrogen and oxygen atoms in total. The van der Waals surface area contributed by atoms with Crippen LogP contribution in [0.3, 0.4) is 0 Å². The number of pyridine rings is 2. The monoisotopic (exact) mass is 688 g/mol. The highest BCUT2D eigenvalue weighted by Crippen LogP contribution is 2.43. The van der Waals surface area contributed by atoms with E-state index in [2.05, 4.69) is 31.2 Å². The zero-order valence-electron chi connectivity index (χ0n) is 29.0. The van der Waals surface area contributed by atoms with Gasteiger partial charge >= 0.3 is 5.97 Å². The van der Waals surface area contributed by atoms with Crippen molar-refractivity contribution in [2.45, 2.75) is 89.4 Å². The number of hydrogen-bond acceptors (Lipinski definition) is 8. The third kappa shape index (κ3) is 8.01. The largest absolute Gasteiger partial charge is 0.480 e. The predicted molar refractivity (Wildman–Crippen MR) is 195 cm³/mol. The molecule has 11 heteroatoms. The van der Waals surface area contributed by atoms with E-state index in [-0.39, 0.29) is 24.1 Å². The number of amides is 2. The summed E-state index contributed by atoms with van der Waals surface area (Å²) in [6.07, 6.45) is 10.2. The van der Waals surface area contributed by atoms with E-state index in [4.69, 9.17) is 0 Å². The van der Waals surface area contributed by atoms with Gasteiger partial charge in [0.25, 0.3) is 11.8 Å². The third-order valence-corrected chi connectivity index (χ3v) is 10.2. The van der Waals surface area contributed by atoms with Gasteiger partial charge in [-0.3, -0.25) is 29.7 Å². The van der Waals surface area contributed by atoms with E-state index in [1.54, 1.807) is 12.3 Å². The number of carboxylic acid groups (broad SMARTS) is 1. The van der Waals surface area contributed by atoms with Crippen molar-refractivity contribution in [2.75, 3.05) is 17.2 Å². The van der Waals surface area contributed by atoms with Gasteiger partial charge in [-0.05, 0) is 133 Å². The number of aliphatic hydroxyl groups is 1. The number of benzene rings is 2. The Labute approximate surface area is 297 Å². The second-order valence-electron chi connectivity index (χ2n) is 14.1. The Morgan fingerprint density at radius 3 is 1.67 bits per heavy atom. The van der Waals surface area contributed by atoms with Crippen LogP contribution in [-0.2, 0) is 17.9 Å². The molecule has 6 N–H and O–H groups in total. The molecule has 0 unspecified atom stereocenters. The SMILES string of the molecule is Cc1c(NC(=O)c2cc(C3CC3)c(CNC3CC3)cn2)cccc1-c1cccc(NC(=O)c2cc(C3CC3)c(CN[C@H](CO)C(=O)O)cn2)c1C. The molecule has 0 radical (unpaired) electrons. The summed E-state index contributed by atoms with van der Waals surface area (Å²) in [6.45, 7) is 4.42. The number of hydrogen-bond donors (Lipinski definition) is 6. The molecule has 2 amide bonds. The van der Waals surface area contributed by atoms with Gasteiger partial charge in [0.1, 0.15) is 17.4 Å². The van der Waals surface area contributed by atoms with Crippen molar-refractivity contribution in [1.29, 1.82) is 0 Å². The highest BCUT2D eigenvalue weighted by Gasteiger charge is 2.30. The quantitative estimate of drug-likeness (QED) is 0.0905. The number of aliphatic hydroxyl groups excluding tert-OH is 1. The number of carbonyl (C=O) groups is 3. The summed E-state index contributed by atoms with van der Waals surface area (Å²) >= 11 is 0. The fourth-order valence-corrected chi connectivity index (χ4v) is 6.59. The van der Waals surface area contributed by atoms with Gasteiger partial charge in [0, 0.05) is 42.9 Å². The molecule has 3 aliphatic carbocycles. The van der Waals surface area contributed by atoms with Gasteiger partial charge in [-0.2, -0.15) is 0 Å². The first kappa shape index (κ1) is 34.5. The van der Waals surface area contributed by atoms with Gasteiger partial charge in [-0.15, -0.1) is 0 Å². The Kier molecular flexibility index (Phi) is 9.95. The fraction of sp³-hybridized carbons (Fsp3) is 0.375. The van der Waals surface area contributed by atoms with E-state index < -0.39 is 18.6 Å². The van der Waals surface area contributed by atoms with Crippen molar-refractivity contribution in [1.82, 2.24) is 20.6 Å². The zero-order valence-corrected chi connectivity index (χ0v) is 29.0. The van der Waals surface area contributed by atoms with Gasteiger partial charge < -0.3 is 26.2 Å². The molecule has 2 aromatic carbocycles. The summed E-state index contributed by atoms with van der Waals surface area (Å²) in [5, 5.41) is 31.2. The molecule has 7 rings (SSSR count). The summed E-state index contributed by atoms with van der Waals surface area (Å²) in [7, 11) is 0. The zero-order chi connectivity index (χ0) is 35.6. The molecule has 51 heavy (non-hydrogen) atoms. The van der Waals surface area contributed by atoms with Gasteiger partial charge in [0.05, 0.1) is 6.61 Å². The summed E-state index contributed by atoms with van der Waals surface area (Å²) in [5.74, 6) is -0.928. The van der Waals surface area contributed by atoms with Crippen LogP contribution in [0.1, 0.15) is 105 Å². The van der Waals surface area contributed by atoms with Gasteiger partial charge in [0.15, 0.2) is 0 Å². The summed E-state index contributed by atoms with van der Waals surface area (Å²) in [5.41, 5.74) is 9.83. The first-order valence-electron chi connectivity index (χ1n) is 17.8. The fourth-order valence-electron chi connectivity index (χ4n) is 6.59. The molecule has 1 atom stereocenters. The first-order chi connectivity index (χ1) is 24.7. The topological polar surface area (TPSA) is 166 Å². The van der Waals surface area contributed by atoms with Crippen molar-refractivity contribution in [3.63, 3.8) is 0 Å². The lowest BCUT2D eigenvalue weighted by Gasteiger charge is -2.17. The molecule has 0 saturated heterocycles. The molecule has 264 valence electrons. The molecule has 3 aliphatic rings. The number of nitrogens with one attached hydrogen (secondary N) is 4. The lowest BCUT2D eigenvalue weighted by molar-refractivity contribution is -0.140. The molecule has 0 spiro atoms. The van der Waals surface area contributed by atoms with E-state index >= 15 is 0 Å². The van der Waals surface area contributed by atoms with Crippen molar-refractivity contribution in [3.05, 3.63) is 106 Å². The van der Waals surface area contributed by atoms with Gasteiger partial charge in [-0.25, -0.2) is 0 Å². The minimum absolute atomic E-state index is 0.223. The number of aliphatic carboxylic acids is 1. The number of rotatable bonds is 15. The number of nitrogens with zero attached hydrogens (tertiary/aromatic N) is 2. The maximum atomic E-state index is 13.5. The van der Waals surface area contributed by atoms with Crippen molar-refractivity contribution in [2.24, 2.45) is 0 Å². The number of aromatic nitrogens is 2. The van der Waals surface area contributed by atoms with Crippen LogP contribution < -0.4 is 21.3 Å². The van der Waals surface area contributed by atoms with E-state index in [0.717, 1.165) is 65.6 Å². The first-order valence-corrected chi connectivity index (χ1v) is 17.8. The Morgan fingerprint density at radius 2 is 1.24 bits per heavy atom. The molecule has 0 bridgehead atoms. The summed E-state index contributed by atoms with van der Waals surface area (Å²) < 4.78 is 0. The van der Waals surface area contributed by atoms with Crippen molar-refractivity contribution in [3.8, 4) is 11.1 Å². The van der Waals surface area contributed by atoms with E-state index in [1.165, 1.54) is 24.0 Å². The Bertz CT molecular complexity index is 1980. The molecule has 4 aromatic rings. The van der Waals surface area contributed by atoms with Crippen LogP contribution in [0.4, 0.5) is 11.4 Å². The molecule has 3 fully saturated rings. The number of carboxylic acids is 1. The van der Waals surface area contributed by atoms with Crippen LogP contribution in [0.15, 0.2) is 60.9 Å².